The van der Waals surface area contributed by atoms with Crippen LogP contribution in [0.3, 0.4) is 0 Å². The van der Waals surface area contributed by atoms with Crippen molar-refractivity contribution in [1.82, 2.24) is 10.6 Å². The summed E-state index contributed by atoms with van der Waals surface area (Å²) in [5.41, 5.74) is 0. The van der Waals surface area contributed by atoms with Crippen LogP contribution in [-0.4, -0.2) is 51.3 Å². The quantitative estimate of drug-likeness (QED) is 0.206. The maximum atomic E-state index is 5.70. The van der Waals surface area contributed by atoms with E-state index in [1.165, 1.54) is 18.6 Å². The van der Waals surface area contributed by atoms with Crippen LogP contribution in [0.1, 0.15) is 26.2 Å². The first-order chi connectivity index (χ1) is 11.8. The number of hydrogen-bond acceptors (Lipinski definition) is 4. The van der Waals surface area contributed by atoms with E-state index in [2.05, 4.69) is 28.8 Å². The number of hydrogen-bond donors (Lipinski definition) is 2. The number of halogens is 1. The Kier molecular flexibility index (Phi) is 16.1. The predicted molar refractivity (Wildman–Crippen MR) is 120 cm³/mol. The van der Waals surface area contributed by atoms with Crippen molar-refractivity contribution in [2.45, 2.75) is 26.2 Å². The molecule has 0 aliphatic heterocycles. The molecule has 1 rings (SSSR count). The first kappa shape index (κ1) is 24.2. The Hall–Kier alpha value is -0.830. The summed E-state index contributed by atoms with van der Waals surface area (Å²) in [6.45, 7) is 5.32. The molecular formula is C18H32IN3O2S. The topological polar surface area (TPSA) is 54.9 Å². The Bertz CT molecular complexity index is 458. The molecule has 0 aromatic heterocycles. The smallest absolute Gasteiger partial charge is 0.191 e. The van der Waals surface area contributed by atoms with Gasteiger partial charge in [0.05, 0.1) is 13.7 Å². The van der Waals surface area contributed by atoms with E-state index < -0.39 is 0 Å². The molecule has 7 heteroatoms. The number of rotatable bonds is 12. The third-order valence-corrected chi connectivity index (χ3v) is 4.01. The van der Waals surface area contributed by atoms with Gasteiger partial charge >= 0.3 is 0 Å². The molecule has 1 aromatic carbocycles. The van der Waals surface area contributed by atoms with Gasteiger partial charge in [-0.05, 0) is 56.0 Å². The van der Waals surface area contributed by atoms with Gasteiger partial charge in [0.15, 0.2) is 5.96 Å². The summed E-state index contributed by atoms with van der Waals surface area (Å²) in [5.74, 6) is 3.81. The zero-order chi connectivity index (χ0) is 17.5. The summed E-state index contributed by atoms with van der Waals surface area (Å²) >= 11 is 1.90. The van der Waals surface area contributed by atoms with Crippen molar-refractivity contribution in [2.75, 3.05) is 45.4 Å². The molecule has 0 heterocycles. The molecule has 0 fully saturated rings. The van der Waals surface area contributed by atoms with Crippen LogP contribution in [0.5, 0.6) is 11.5 Å². The summed E-state index contributed by atoms with van der Waals surface area (Å²) < 4.78 is 10.8. The Morgan fingerprint density at radius 2 is 1.80 bits per heavy atom. The number of nitrogens with zero attached hydrogens (tertiary/aromatic N) is 1. The van der Waals surface area contributed by atoms with E-state index in [1.807, 2.05) is 36.0 Å². The average Bonchev–Trinajstić information content (AvgIpc) is 2.61. The Balaban J connectivity index is 0.00000576. The zero-order valence-corrected chi connectivity index (χ0v) is 18.7. The summed E-state index contributed by atoms with van der Waals surface area (Å²) in [6.07, 6.45) is 5.44. The molecule has 5 nitrogen and oxygen atoms in total. The summed E-state index contributed by atoms with van der Waals surface area (Å²) in [4.78, 5) is 4.58. The normalized spacial score (nSPS) is 10.8. The van der Waals surface area contributed by atoms with Crippen LogP contribution in [0.15, 0.2) is 29.3 Å². The third-order valence-electron chi connectivity index (χ3n) is 3.31. The van der Waals surface area contributed by atoms with Gasteiger partial charge in [-0.3, -0.25) is 4.99 Å². The summed E-state index contributed by atoms with van der Waals surface area (Å²) in [6, 6.07) is 7.64. The second-order valence-electron chi connectivity index (χ2n) is 5.26. The van der Waals surface area contributed by atoms with E-state index >= 15 is 0 Å². The van der Waals surface area contributed by atoms with Crippen LogP contribution in [-0.2, 0) is 0 Å². The fraction of sp³-hybridized carbons (Fsp3) is 0.611. The lowest BCUT2D eigenvalue weighted by atomic mass is 10.3. The van der Waals surface area contributed by atoms with Gasteiger partial charge in [0, 0.05) is 26.1 Å². The molecule has 2 N–H and O–H groups in total. The number of aliphatic imine (C=N–C) groups is 1. The summed E-state index contributed by atoms with van der Waals surface area (Å²) in [7, 11) is 1.66. The van der Waals surface area contributed by atoms with Crippen LogP contribution in [0.25, 0.3) is 0 Å². The molecule has 0 saturated carbocycles. The second kappa shape index (κ2) is 16.6. The van der Waals surface area contributed by atoms with Crippen molar-refractivity contribution >= 4 is 41.7 Å². The monoisotopic (exact) mass is 481 g/mol. The zero-order valence-electron chi connectivity index (χ0n) is 15.5. The molecule has 0 unspecified atom stereocenters. The first-order valence-electron chi connectivity index (χ1n) is 8.58. The maximum absolute atomic E-state index is 5.70. The number of guanidine groups is 1. The Morgan fingerprint density at radius 1 is 1.08 bits per heavy atom. The SMILES string of the molecule is CCNC(=NCCCOc1ccc(OC)cc1)NCCCCSC.I. The van der Waals surface area contributed by atoms with Gasteiger partial charge in [-0.15, -0.1) is 24.0 Å². The van der Waals surface area contributed by atoms with Gasteiger partial charge in [-0.25, -0.2) is 0 Å². The molecule has 0 atom stereocenters. The van der Waals surface area contributed by atoms with Crippen molar-refractivity contribution < 1.29 is 9.47 Å². The van der Waals surface area contributed by atoms with Gasteiger partial charge < -0.3 is 20.1 Å². The highest BCUT2D eigenvalue weighted by Gasteiger charge is 1.98. The van der Waals surface area contributed by atoms with Crippen molar-refractivity contribution in [2.24, 2.45) is 4.99 Å². The molecule has 0 saturated heterocycles. The molecule has 0 bridgehead atoms. The highest BCUT2D eigenvalue weighted by Crippen LogP contribution is 2.16. The third kappa shape index (κ3) is 12.2. The van der Waals surface area contributed by atoms with Crippen molar-refractivity contribution in [3.63, 3.8) is 0 Å². The molecule has 0 aliphatic carbocycles. The molecule has 0 spiro atoms. The minimum Gasteiger partial charge on any atom is -0.497 e. The predicted octanol–water partition coefficient (Wildman–Crippen LogP) is 3.78. The van der Waals surface area contributed by atoms with E-state index in [-0.39, 0.29) is 24.0 Å². The largest absolute Gasteiger partial charge is 0.497 e. The summed E-state index contributed by atoms with van der Waals surface area (Å²) in [5, 5.41) is 6.65. The minimum absolute atomic E-state index is 0. The number of nitrogens with one attached hydrogen (secondary N) is 2. The molecule has 0 radical (unpaired) electrons. The van der Waals surface area contributed by atoms with Gasteiger partial charge in [0.1, 0.15) is 11.5 Å². The fourth-order valence-electron chi connectivity index (χ4n) is 2.04. The van der Waals surface area contributed by atoms with Crippen LogP contribution >= 0.6 is 35.7 Å². The Labute approximate surface area is 173 Å². The van der Waals surface area contributed by atoms with Crippen molar-refractivity contribution in [3.8, 4) is 11.5 Å². The fourth-order valence-corrected chi connectivity index (χ4v) is 2.53. The molecule has 0 amide bonds. The highest BCUT2D eigenvalue weighted by atomic mass is 127. The van der Waals surface area contributed by atoms with E-state index in [1.54, 1.807) is 7.11 Å². The lowest BCUT2D eigenvalue weighted by Crippen LogP contribution is -2.38. The van der Waals surface area contributed by atoms with Gasteiger partial charge in [-0.1, -0.05) is 0 Å². The van der Waals surface area contributed by atoms with E-state index in [9.17, 15) is 0 Å². The maximum Gasteiger partial charge on any atom is 0.191 e. The van der Waals surface area contributed by atoms with Crippen LogP contribution in [0, 0.1) is 0 Å². The van der Waals surface area contributed by atoms with Crippen LogP contribution in [0.2, 0.25) is 0 Å². The molecule has 1 aromatic rings. The van der Waals surface area contributed by atoms with Crippen molar-refractivity contribution in [1.29, 1.82) is 0 Å². The van der Waals surface area contributed by atoms with Gasteiger partial charge in [-0.2, -0.15) is 11.8 Å². The lowest BCUT2D eigenvalue weighted by Gasteiger charge is -2.11. The number of methoxy groups -OCH3 is 1. The van der Waals surface area contributed by atoms with Crippen LogP contribution in [0.4, 0.5) is 0 Å². The van der Waals surface area contributed by atoms with E-state index in [0.717, 1.165) is 43.5 Å². The number of ether oxygens (including phenoxy) is 2. The lowest BCUT2D eigenvalue weighted by molar-refractivity contribution is 0.312. The highest BCUT2D eigenvalue weighted by molar-refractivity contribution is 14.0. The van der Waals surface area contributed by atoms with Crippen LogP contribution < -0.4 is 20.1 Å². The minimum atomic E-state index is 0. The molecular weight excluding hydrogens is 449 g/mol. The first-order valence-corrected chi connectivity index (χ1v) is 9.97. The number of thioether (sulfide) groups is 1. The van der Waals surface area contributed by atoms with E-state index in [0.29, 0.717) is 6.61 Å². The van der Waals surface area contributed by atoms with E-state index in [4.69, 9.17) is 9.47 Å². The Morgan fingerprint density at radius 3 is 2.44 bits per heavy atom. The number of unbranched alkanes of at least 4 members (excludes halogenated alkanes) is 1. The molecule has 0 aliphatic rings. The second-order valence-corrected chi connectivity index (χ2v) is 6.25. The van der Waals surface area contributed by atoms with Crippen molar-refractivity contribution in [3.05, 3.63) is 24.3 Å². The number of benzene rings is 1. The molecule has 144 valence electrons. The standard InChI is InChI=1S/C18H31N3O2S.HI/c1-4-19-18(20-12-5-6-15-24-3)21-13-7-14-23-17-10-8-16(22-2)9-11-17;/h8-11H,4-7,12-15H2,1-3H3,(H2,19,20,21);1H. The van der Waals surface area contributed by atoms with Gasteiger partial charge in [0.2, 0.25) is 0 Å². The van der Waals surface area contributed by atoms with Gasteiger partial charge in [0.25, 0.3) is 0 Å². The molecule has 25 heavy (non-hydrogen) atoms. The average molecular weight is 481 g/mol.